The lowest BCUT2D eigenvalue weighted by Gasteiger charge is -2.22. The third-order valence-corrected chi connectivity index (χ3v) is 2.42. The number of methoxy groups -OCH3 is 1. The number of rotatable bonds is 8. The summed E-state index contributed by atoms with van der Waals surface area (Å²) in [5, 5.41) is 3.42. The molecule has 86 valence electrons. The van der Waals surface area contributed by atoms with Crippen LogP contribution in [0.1, 0.15) is 26.7 Å². The summed E-state index contributed by atoms with van der Waals surface area (Å²) < 4.78 is 5.33. The first kappa shape index (κ1) is 13.9. The fraction of sp³-hybridized carbons (Fsp3) is 1.00. The SMILES string of the molecule is COC(C)(C)CCNCCCN(C)C. The Morgan fingerprint density at radius 2 is 1.86 bits per heavy atom. The Kier molecular flexibility index (Phi) is 7.15. The highest BCUT2D eigenvalue weighted by atomic mass is 16.5. The van der Waals surface area contributed by atoms with Gasteiger partial charge in [0.15, 0.2) is 0 Å². The fourth-order valence-corrected chi connectivity index (χ4v) is 1.14. The quantitative estimate of drug-likeness (QED) is 0.601. The number of nitrogens with zero attached hydrogens (tertiary/aromatic N) is 1. The third-order valence-electron chi connectivity index (χ3n) is 2.42. The molecule has 0 bridgehead atoms. The molecule has 14 heavy (non-hydrogen) atoms. The van der Waals surface area contributed by atoms with Crippen molar-refractivity contribution < 1.29 is 4.74 Å². The van der Waals surface area contributed by atoms with Crippen LogP contribution in [0.15, 0.2) is 0 Å². The molecule has 0 saturated carbocycles. The van der Waals surface area contributed by atoms with Crippen LogP contribution in [0.5, 0.6) is 0 Å². The van der Waals surface area contributed by atoms with E-state index in [1.807, 2.05) is 0 Å². The van der Waals surface area contributed by atoms with Gasteiger partial charge in [0.2, 0.25) is 0 Å². The summed E-state index contributed by atoms with van der Waals surface area (Å²) in [5.41, 5.74) is 0.00848. The maximum Gasteiger partial charge on any atom is 0.0634 e. The molecular formula is C11H26N2O. The second kappa shape index (κ2) is 7.21. The van der Waals surface area contributed by atoms with E-state index < -0.39 is 0 Å². The van der Waals surface area contributed by atoms with Gasteiger partial charge in [-0.25, -0.2) is 0 Å². The second-order valence-corrected chi connectivity index (χ2v) is 4.62. The molecule has 0 aromatic carbocycles. The largest absolute Gasteiger partial charge is 0.379 e. The molecule has 0 radical (unpaired) electrons. The normalized spacial score (nSPS) is 12.4. The molecular weight excluding hydrogens is 176 g/mol. The van der Waals surface area contributed by atoms with Gasteiger partial charge in [0.25, 0.3) is 0 Å². The van der Waals surface area contributed by atoms with Gasteiger partial charge >= 0.3 is 0 Å². The van der Waals surface area contributed by atoms with Crippen molar-refractivity contribution in [3.63, 3.8) is 0 Å². The smallest absolute Gasteiger partial charge is 0.0634 e. The zero-order valence-electron chi connectivity index (χ0n) is 10.4. The lowest BCUT2D eigenvalue weighted by molar-refractivity contribution is 0.0159. The highest BCUT2D eigenvalue weighted by Gasteiger charge is 2.14. The molecule has 0 unspecified atom stereocenters. The van der Waals surface area contributed by atoms with Crippen LogP contribution in [0.2, 0.25) is 0 Å². The van der Waals surface area contributed by atoms with E-state index in [4.69, 9.17) is 4.74 Å². The van der Waals surface area contributed by atoms with Gasteiger partial charge in [-0.1, -0.05) is 0 Å². The molecule has 0 aromatic rings. The van der Waals surface area contributed by atoms with Crippen molar-refractivity contribution in [2.45, 2.75) is 32.3 Å². The van der Waals surface area contributed by atoms with E-state index in [1.165, 1.54) is 6.42 Å². The predicted octanol–water partition coefficient (Wildman–Crippen LogP) is 1.34. The molecule has 3 heteroatoms. The summed E-state index contributed by atoms with van der Waals surface area (Å²) in [4.78, 5) is 2.21. The molecule has 1 N–H and O–H groups in total. The van der Waals surface area contributed by atoms with Crippen molar-refractivity contribution in [2.75, 3.05) is 40.8 Å². The van der Waals surface area contributed by atoms with E-state index in [1.54, 1.807) is 7.11 Å². The van der Waals surface area contributed by atoms with Crippen molar-refractivity contribution >= 4 is 0 Å². The molecule has 0 atom stereocenters. The van der Waals surface area contributed by atoms with E-state index in [0.29, 0.717) is 0 Å². The van der Waals surface area contributed by atoms with Gasteiger partial charge in [0.05, 0.1) is 5.60 Å². The van der Waals surface area contributed by atoms with Gasteiger partial charge in [-0.3, -0.25) is 0 Å². The molecule has 0 aliphatic rings. The molecule has 0 aliphatic carbocycles. The van der Waals surface area contributed by atoms with Crippen LogP contribution in [0, 0.1) is 0 Å². The van der Waals surface area contributed by atoms with Crippen LogP contribution in [-0.2, 0) is 4.74 Å². The van der Waals surface area contributed by atoms with Gasteiger partial charge < -0.3 is 15.0 Å². The van der Waals surface area contributed by atoms with Gasteiger partial charge in [-0.2, -0.15) is 0 Å². The van der Waals surface area contributed by atoms with E-state index in [0.717, 1.165) is 26.1 Å². The molecule has 0 rings (SSSR count). The lowest BCUT2D eigenvalue weighted by Crippen LogP contribution is -2.30. The number of hydrogen-bond donors (Lipinski definition) is 1. The van der Waals surface area contributed by atoms with Crippen LogP contribution in [-0.4, -0.2) is 51.3 Å². The van der Waals surface area contributed by atoms with Crippen molar-refractivity contribution in [2.24, 2.45) is 0 Å². The maximum absolute atomic E-state index is 5.33. The standard InChI is InChI=1S/C11H26N2O/c1-11(2,14-5)7-9-12-8-6-10-13(3)4/h12H,6-10H2,1-5H3. The average Bonchev–Trinajstić information content (AvgIpc) is 2.10. The van der Waals surface area contributed by atoms with Gasteiger partial charge in [-0.05, 0) is 60.4 Å². The first-order valence-corrected chi connectivity index (χ1v) is 5.38. The number of ether oxygens (including phenoxy) is 1. The van der Waals surface area contributed by atoms with Crippen molar-refractivity contribution in [1.29, 1.82) is 0 Å². The van der Waals surface area contributed by atoms with Crippen LogP contribution in [0.4, 0.5) is 0 Å². The Labute approximate surface area is 88.8 Å². The van der Waals surface area contributed by atoms with Gasteiger partial charge in [0, 0.05) is 7.11 Å². The van der Waals surface area contributed by atoms with Crippen molar-refractivity contribution in [1.82, 2.24) is 10.2 Å². The molecule has 0 aliphatic heterocycles. The molecule has 3 nitrogen and oxygen atoms in total. The molecule has 0 fully saturated rings. The molecule has 0 heterocycles. The van der Waals surface area contributed by atoms with E-state index >= 15 is 0 Å². The van der Waals surface area contributed by atoms with E-state index in [-0.39, 0.29) is 5.60 Å². The third kappa shape index (κ3) is 8.48. The Balaban J connectivity index is 3.21. The summed E-state index contributed by atoms with van der Waals surface area (Å²) in [7, 11) is 5.98. The monoisotopic (exact) mass is 202 g/mol. The van der Waals surface area contributed by atoms with E-state index in [2.05, 4.69) is 38.2 Å². The summed E-state index contributed by atoms with van der Waals surface area (Å²) in [5.74, 6) is 0. The predicted molar refractivity (Wildman–Crippen MR) is 61.7 cm³/mol. The summed E-state index contributed by atoms with van der Waals surface area (Å²) in [6.07, 6.45) is 2.27. The Morgan fingerprint density at radius 3 is 2.36 bits per heavy atom. The van der Waals surface area contributed by atoms with Crippen molar-refractivity contribution in [3.05, 3.63) is 0 Å². The first-order valence-electron chi connectivity index (χ1n) is 5.38. The summed E-state index contributed by atoms with van der Waals surface area (Å²) in [6.45, 7) is 7.52. The lowest BCUT2D eigenvalue weighted by atomic mass is 10.1. The van der Waals surface area contributed by atoms with Crippen molar-refractivity contribution in [3.8, 4) is 0 Å². The average molecular weight is 202 g/mol. The Hall–Kier alpha value is -0.120. The van der Waals surface area contributed by atoms with E-state index in [9.17, 15) is 0 Å². The number of hydrogen-bond acceptors (Lipinski definition) is 3. The highest BCUT2D eigenvalue weighted by Crippen LogP contribution is 2.11. The fourth-order valence-electron chi connectivity index (χ4n) is 1.14. The minimum Gasteiger partial charge on any atom is -0.379 e. The second-order valence-electron chi connectivity index (χ2n) is 4.62. The number of nitrogens with one attached hydrogen (secondary N) is 1. The van der Waals surface area contributed by atoms with Gasteiger partial charge in [0.1, 0.15) is 0 Å². The van der Waals surface area contributed by atoms with Crippen LogP contribution in [0.25, 0.3) is 0 Å². The Morgan fingerprint density at radius 1 is 1.21 bits per heavy atom. The molecule has 0 saturated heterocycles. The summed E-state index contributed by atoms with van der Waals surface area (Å²) >= 11 is 0. The topological polar surface area (TPSA) is 24.5 Å². The maximum atomic E-state index is 5.33. The minimum absolute atomic E-state index is 0.00848. The summed E-state index contributed by atoms with van der Waals surface area (Å²) in [6, 6.07) is 0. The Bertz CT molecular complexity index is 135. The minimum atomic E-state index is 0.00848. The molecule has 0 spiro atoms. The molecule has 0 amide bonds. The zero-order valence-corrected chi connectivity index (χ0v) is 10.4. The van der Waals surface area contributed by atoms with Crippen LogP contribution < -0.4 is 5.32 Å². The van der Waals surface area contributed by atoms with Gasteiger partial charge in [-0.15, -0.1) is 0 Å². The van der Waals surface area contributed by atoms with Crippen LogP contribution >= 0.6 is 0 Å². The first-order chi connectivity index (χ1) is 6.48. The highest BCUT2D eigenvalue weighted by molar-refractivity contribution is 4.68. The van der Waals surface area contributed by atoms with Crippen LogP contribution in [0.3, 0.4) is 0 Å². The zero-order chi connectivity index (χ0) is 11.0. The molecule has 0 aromatic heterocycles.